The van der Waals surface area contributed by atoms with Crippen LogP contribution in [0, 0.1) is 5.41 Å². The molecule has 2 fully saturated rings. The van der Waals surface area contributed by atoms with Crippen molar-refractivity contribution in [3.05, 3.63) is 24.2 Å². The van der Waals surface area contributed by atoms with Crippen LogP contribution in [0.4, 0.5) is 0 Å². The molecule has 0 aromatic carbocycles. The fraction of sp³-hybridized carbons (Fsp3) is 0.611. The summed E-state index contributed by atoms with van der Waals surface area (Å²) in [6.45, 7) is 6.19. The van der Waals surface area contributed by atoms with Crippen molar-refractivity contribution >= 4 is 17.8 Å². The third-order valence-electron chi connectivity index (χ3n) is 4.96. The molecule has 2 saturated heterocycles. The molecule has 0 N–H and O–H groups in total. The van der Waals surface area contributed by atoms with Crippen LogP contribution in [-0.2, 0) is 14.3 Å². The molecule has 8 nitrogen and oxygen atoms in total. The zero-order valence-corrected chi connectivity index (χ0v) is 15.2. The zero-order valence-electron chi connectivity index (χ0n) is 15.2. The number of carboxylic acids is 1. The van der Waals surface area contributed by atoms with Gasteiger partial charge in [0.25, 0.3) is 5.91 Å². The Balaban J connectivity index is 1.83. The summed E-state index contributed by atoms with van der Waals surface area (Å²) >= 11 is 0. The van der Waals surface area contributed by atoms with Gasteiger partial charge in [-0.2, -0.15) is 0 Å². The van der Waals surface area contributed by atoms with E-state index in [0.29, 0.717) is 25.9 Å². The molecule has 0 unspecified atom stereocenters. The van der Waals surface area contributed by atoms with Crippen LogP contribution in [0.2, 0.25) is 0 Å². The first-order valence-corrected chi connectivity index (χ1v) is 8.67. The SMILES string of the molecule is CC(C)(C)C(=O)N1CCC2(CC1)OC[C@H](C(=O)[O-])N2C(=O)c1ccco1. The number of carbonyl (C=O) groups excluding carboxylic acids is 3. The number of furan rings is 1. The molecule has 1 aromatic rings. The standard InChI is InChI=1S/C18H24N2O6/c1-17(2,3)16(24)19-8-6-18(7-9-19)20(12(11-26-18)15(22)23)14(21)13-5-4-10-25-13/h4-5,10,12H,6-9,11H2,1-3H3,(H,22,23)/p-1/t12-/m1/s1. The zero-order chi connectivity index (χ0) is 19.1. The molecule has 2 aliphatic heterocycles. The number of aliphatic carboxylic acids is 1. The number of amides is 2. The van der Waals surface area contributed by atoms with Crippen LogP contribution >= 0.6 is 0 Å². The minimum atomic E-state index is -1.37. The highest BCUT2D eigenvalue weighted by Gasteiger charge is 2.53. The van der Waals surface area contributed by atoms with Gasteiger partial charge in [0.2, 0.25) is 5.91 Å². The van der Waals surface area contributed by atoms with E-state index < -0.39 is 29.1 Å². The largest absolute Gasteiger partial charge is 0.548 e. The van der Waals surface area contributed by atoms with Gasteiger partial charge < -0.3 is 24.0 Å². The molecular weight excluding hydrogens is 340 g/mol. The van der Waals surface area contributed by atoms with Gasteiger partial charge in [0.15, 0.2) is 5.76 Å². The lowest BCUT2D eigenvalue weighted by atomic mass is 9.91. The van der Waals surface area contributed by atoms with Crippen molar-refractivity contribution in [2.75, 3.05) is 19.7 Å². The molecule has 1 spiro atoms. The highest BCUT2D eigenvalue weighted by molar-refractivity contribution is 5.95. The first-order valence-electron chi connectivity index (χ1n) is 8.67. The maximum absolute atomic E-state index is 12.9. The van der Waals surface area contributed by atoms with Crippen LogP contribution in [0.5, 0.6) is 0 Å². The van der Waals surface area contributed by atoms with Gasteiger partial charge in [-0.15, -0.1) is 0 Å². The first-order chi connectivity index (χ1) is 12.2. The van der Waals surface area contributed by atoms with E-state index in [0.717, 1.165) is 0 Å². The second-order valence-corrected chi connectivity index (χ2v) is 7.79. The second kappa shape index (κ2) is 6.42. The topological polar surface area (TPSA) is 103 Å². The average molecular weight is 363 g/mol. The van der Waals surface area contributed by atoms with Crippen LogP contribution in [0.25, 0.3) is 0 Å². The van der Waals surface area contributed by atoms with Crippen LogP contribution in [0.3, 0.4) is 0 Å². The maximum atomic E-state index is 12.9. The Hall–Kier alpha value is -2.35. The lowest BCUT2D eigenvalue weighted by Crippen LogP contribution is -2.60. The third kappa shape index (κ3) is 3.09. The second-order valence-electron chi connectivity index (χ2n) is 7.79. The number of carboxylic acid groups (broad SMARTS) is 1. The fourth-order valence-electron chi connectivity index (χ4n) is 3.60. The predicted octanol–water partition coefficient (Wildman–Crippen LogP) is 0.235. The summed E-state index contributed by atoms with van der Waals surface area (Å²) in [7, 11) is 0. The van der Waals surface area contributed by atoms with Crippen molar-refractivity contribution in [2.45, 2.75) is 45.4 Å². The first kappa shape index (κ1) is 18.4. The van der Waals surface area contributed by atoms with E-state index in [9.17, 15) is 19.5 Å². The number of hydrogen-bond donors (Lipinski definition) is 0. The van der Waals surface area contributed by atoms with Crippen molar-refractivity contribution in [3.8, 4) is 0 Å². The Labute approximate surface area is 151 Å². The van der Waals surface area contributed by atoms with Crippen LogP contribution in [0.1, 0.15) is 44.2 Å². The predicted molar refractivity (Wildman–Crippen MR) is 87.6 cm³/mol. The molecule has 142 valence electrons. The molecule has 26 heavy (non-hydrogen) atoms. The fourth-order valence-corrected chi connectivity index (χ4v) is 3.60. The summed E-state index contributed by atoms with van der Waals surface area (Å²) < 4.78 is 11.0. The molecule has 2 amide bonds. The van der Waals surface area contributed by atoms with Gasteiger partial charge >= 0.3 is 0 Å². The highest BCUT2D eigenvalue weighted by atomic mass is 16.5. The van der Waals surface area contributed by atoms with Crippen molar-refractivity contribution in [3.63, 3.8) is 0 Å². The lowest BCUT2D eigenvalue weighted by molar-refractivity contribution is -0.310. The van der Waals surface area contributed by atoms with Gasteiger partial charge in [-0.1, -0.05) is 20.8 Å². The Morgan fingerprint density at radius 2 is 1.88 bits per heavy atom. The molecule has 0 bridgehead atoms. The van der Waals surface area contributed by atoms with Gasteiger partial charge in [0.05, 0.1) is 24.9 Å². The van der Waals surface area contributed by atoms with E-state index >= 15 is 0 Å². The normalized spacial score (nSPS) is 22.7. The van der Waals surface area contributed by atoms with Gasteiger partial charge in [0, 0.05) is 31.3 Å². The summed E-state index contributed by atoms with van der Waals surface area (Å²) in [5.74, 6) is -1.84. The summed E-state index contributed by atoms with van der Waals surface area (Å²) in [6.07, 6.45) is 2.03. The molecule has 3 heterocycles. The summed E-state index contributed by atoms with van der Waals surface area (Å²) in [5.41, 5.74) is -1.57. The van der Waals surface area contributed by atoms with E-state index in [1.165, 1.54) is 17.2 Å². The van der Waals surface area contributed by atoms with Crippen molar-refractivity contribution < 1.29 is 28.6 Å². The Kier molecular flexibility index (Phi) is 4.56. The summed E-state index contributed by atoms with van der Waals surface area (Å²) in [6, 6.07) is 1.87. The van der Waals surface area contributed by atoms with Crippen molar-refractivity contribution in [1.82, 2.24) is 9.80 Å². The molecule has 1 aromatic heterocycles. The average Bonchev–Trinajstić information content (AvgIpc) is 3.22. The van der Waals surface area contributed by atoms with Crippen molar-refractivity contribution in [1.29, 1.82) is 0 Å². The van der Waals surface area contributed by atoms with Crippen LogP contribution < -0.4 is 5.11 Å². The van der Waals surface area contributed by atoms with Crippen LogP contribution in [0.15, 0.2) is 22.8 Å². The Morgan fingerprint density at radius 3 is 2.38 bits per heavy atom. The minimum Gasteiger partial charge on any atom is -0.548 e. The van der Waals surface area contributed by atoms with Gasteiger partial charge in [-0.3, -0.25) is 14.5 Å². The number of piperidine rings is 1. The molecule has 1 atom stereocenters. The van der Waals surface area contributed by atoms with E-state index in [1.807, 2.05) is 20.8 Å². The number of likely N-dealkylation sites (tertiary alicyclic amines) is 1. The van der Waals surface area contributed by atoms with E-state index in [-0.39, 0.29) is 18.3 Å². The number of carbonyl (C=O) groups is 3. The summed E-state index contributed by atoms with van der Waals surface area (Å²) in [5, 5.41) is 11.5. The minimum absolute atomic E-state index is 0.0192. The van der Waals surface area contributed by atoms with Crippen molar-refractivity contribution in [2.24, 2.45) is 5.41 Å². The number of hydrogen-bond acceptors (Lipinski definition) is 6. The molecule has 3 rings (SSSR count). The molecule has 2 aliphatic rings. The van der Waals surface area contributed by atoms with Gasteiger partial charge in [0.1, 0.15) is 5.72 Å². The third-order valence-corrected chi connectivity index (χ3v) is 4.96. The lowest BCUT2D eigenvalue weighted by Gasteiger charge is -2.45. The number of ether oxygens (including phenoxy) is 1. The highest BCUT2D eigenvalue weighted by Crippen LogP contribution is 2.39. The molecule has 8 heteroatoms. The Bertz CT molecular complexity index is 698. The molecule has 0 radical (unpaired) electrons. The number of rotatable bonds is 2. The quantitative estimate of drug-likeness (QED) is 0.745. The van der Waals surface area contributed by atoms with Gasteiger partial charge in [-0.25, -0.2) is 0 Å². The van der Waals surface area contributed by atoms with Gasteiger partial charge in [-0.05, 0) is 12.1 Å². The van der Waals surface area contributed by atoms with Crippen LogP contribution in [-0.4, -0.2) is 59.0 Å². The van der Waals surface area contributed by atoms with E-state index in [4.69, 9.17) is 9.15 Å². The molecular formula is C18H23N2O6-. The van der Waals surface area contributed by atoms with E-state index in [1.54, 1.807) is 11.0 Å². The molecule has 0 aliphatic carbocycles. The maximum Gasteiger partial charge on any atom is 0.292 e. The molecule has 0 saturated carbocycles. The monoisotopic (exact) mass is 363 g/mol. The van der Waals surface area contributed by atoms with E-state index in [2.05, 4.69) is 0 Å². The summed E-state index contributed by atoms with van der Waals surface area (Å²) in [4.78, 5) is 39.8. The number of nitrogens with zero attached hydrogens (tertiary/aromatic N) is 2. The Morgan fingerprint density at radius 1 is 1.23 bits per heavy atom. The smallest absolute Gasteiger partial charge is 0.292 e.